The average Bonchev–Trinajstić information content (AvgIpc) is 2.95. The normalized spacial score (nSPS) is 11.4. The van der Waals surface area contributed by atoms with Gasteiger partial charge in [-0.3, -0.25) is 9.59 Å². The van der Waals surface area contributed by atoms with Gasteiger partial charge in [0, 0.05) is 17.1 Å². The molecule has 0 radical (unpaired) electrons. The molecule has 0 amide bonds. The molecule has 0 saturated heterocycles. The number of hydrogen-bond donors (Lipinski definition) is 2. The zero-order valence-corrected chi connectivity index (χ0v) is 21.7. The van der Waals surface area contributed by atoms with Crippen molar-refractivity contribution in [3.05, 3.63) is 124 Å². The highest BCUT2D eigenvalue weighted by Gasteiger charge is 2.14. The lowest BCUT2D eigenvalue weighted by Gasteiger charge is -2.26. The van der Waals surface area contributed by atoms with Crippen LogP contribution in [0.2, 0.25) is 0 Å². The van der Waals surface area contributed by atoms with Gasteiger partial charge in [-0.05, 0) is 78.1 Å². The average molecular weight is 520 g/mol. The summed E-state index contributed by atoms with van der Waals surface area (Å²) < 4.78 is 0. The van der Waals surface area contributed by atoms with Crippen molar-refractivity contribution in [2.24, 2.45) is 0 Å². The molecule has 0 spiro atoms. The molecule has 0 atom stereocenters. The molecule has 0 fully saturated rings. The van der Waals surface area contributed by atoms with E-state index in [9.17, 15) is 9.59 Å². The molecule has 2 N–H and O–H groups in total. The Hall–Kier alpha value is -5.14. The van der Waals surface area contributed by atoms with Crippen molar-refractivity contribution in [2.45, 2.75) is 39.0 Å². The maximum absolute atomic E-state index is 11.2. The highest BCUT2D eigenvalue weighted by atomic mass is 16.4. The molecule has 0 aromatic heterocycles. The Morgan fingerprint density at radius 2 is 1.10 bits per heavy atom. The van der Waals surface area contributed by atoms with Crippen LogP contribution in [-0.4, -0.2) is 22.2 Å². The first-order valence-corrected chi connectivity index (χ1v) is 12.6. The van der Waals surface area contributed by atoms with Crippen molar-refractivity contribution in [2.75, 3.05) is 4.90 Å². The van der Waals surface area contributed by atoms with Gasteiger partial charge in [-0.25, -0.2) is 9.69 Å². The van der Waals surface area contributed by atoms with Crippen molar-refractivity contribution in [1.29, 1.82) is 0 Å². The lowest BCUT2D eigenvalue weighted by atomic mass is 10.0. The highest BCUT2D eigenvalue weighted by molar-refractivity contribution is 5.95. The molecule has 3 aromatic carbocycles. The third-order valence-corrected chi connectivity index (χ3v) is 6.10. The minimum absolute atomic E-state index is 0.363. The summed E-state index contributed by atoms with van der Waals surface area (Å²) in [5.74, 6) is -2.55. The number of aryl methyl sites for hydroxylation is 1. The SMILES string of the molecule is [C-]#[N+]/C(=C\c1ccc(N(c2ccc(/C=C(/[N+]#[C-])C(=O)O)cc2)c2ccc(CCCCCC)cc2)cc1)C(=O)O. The second-order valence-electron chi connectivity index (χ2n) is 8.89. The van der Waals surface area contributed by atoms with E-state index >= 15 is 0 Å². The number of hydrogen-bond acceptors (Lipinski definition) is 3. The van der Waals surface area contributed by atoms with Crippen molar-refractivity contribution >= 4 is 41.2 Å². The quantitative estimate of drug-likeness (QED) is 0.144. The van der Waals surface area contributed by atoms with Crippen LogP contribution in [0.5, 0.6) is 0 Å². The summed E-state index contributed by atoms with van der Waals surface area (Å²) in [6, 6.07) is 22.8. The maximum Gasteiger partial charge on any atom is 0.333 e. The molecular formula is C32H29N3O4. The number of unbranched alkanes of at least 4 members (excludes halogenated alkanes) is 3. The molecule has 0 heterocycles. The van der Waals surface area contributed by atoms with Crippen LogP contribution in [0.25, 0.3) is 21.8 Å². The fourth-order valence-corrected chi connectivity index (χ4v) is 4.05. The predicted molar refractivity (Wildman–Crippen MR) is 153 cm³/mol. The largest absolute Gasteiger partial charge is 0.486 e. The first-order valence-electron chi connectivity index (χ1n) is 12.6. The van der Waals surface area contributed by atoms with Crippen molar-refractivity contribution in [3.8, 4) is 0 Å². The standard InChI is InChI=1S/C32H29N3O4/c1-4-5-6-7-8-23-9-15-26(16-10-23)35(27-17-11-24(12-18-27)21-29(33-2)31(36)37)28-19-13-25(14-20-28)22-30(34-3)32(38)39/h9-22H,4-8H2,1H3,(H,36,37)(H,38,39)/b29-21-,30-22+. The van der Waals surface area contributed by atoms with E-state index in [1.165, 1.54) is 37.0 Å². The minimum atomic E-state index is -1.27. The van der Waals surface area contributed by atoms with Gasteiger partial charge >= 0.3 is 11.9 Å². The van der Waals surface area contributed by atoms with E-state index in [4.69, 9.17) is 23.4 Å². The van der Waals surface area contributed by atoms with Crippen LogP contribution in [0, 0.1) is 13.1 Å². The zero-order chi connectivity index (χ0) is 28.2. The molecule has 7 heteroatoms. The minimum Gasteiger partial charge on any atom is -0.486 e. The fourth-order valence-electron chi connectivity index (χ4n) is 4.05. The first kappa shape index (κ1) is 28.4. The topological polar surface area (TPSA) is 86.6 Å². The predicted octanol–water partition coefficient (Wildman–Crippen LogP) is 7.97. The highest BCUT2D eigenvalue weighted by Crippen LogP contribution is 2.35. The number of anilines is 3. The summed E-state index contributed by atoms with van der Waals surface area (Å²) >= 11 is 0. The van der Waals surface area contributed by atoms with Gasteiger partial charge in [0.1, 0.15) is 0 Å². The molecule has 0 aliphatic carbocycles. The Kier molecular flexibility index (Phi) is 10.2. The number of carboxylic acid groups (broad SMARTS) is 2. The number of aliphatic carboxylic acids is 2. The molecular weight excluding hydrogens is 490 g/mol. The summed E-state index contributed by atoms with van der Waals surface area (Å²) in [5, 5.41) is 18.3. The summed E-state index contributed by atoms with van der Waals surface area (Å²) in [6.45, 7) is 16.3. The lowest BCUT2D eigenvalue weighted by molar-refractivity contribution is -0.133. The number of benzene rings is 3. The van der Waals surface area contributed by atoms with Gasteiger partial charge in [-0.2, -0.15) is 0 Å². The van der Waals surface area contributed by atoms with Crippen LogP contribution in [0.3, 0.4) is 0 Å². The summed E-state index contributed by atoms with van der Waals surface area (Å²) in [4.78, 5) is 30.6. The Bertz CT molecular complexity index is 1350. The number of rotatable bonds is 12. The van der Waals surface area contributed by atoms with E-state index in [1.807, 2.05) is 29.2 Å². The number of carboxylic acids is 2. The molecule has 39 heavy (non-hydrogen) atoms. The van der Waals surface area contributed by atoms with E-state index in [-0.39, 0.29) is 11.4 Å². The van der Waals surface area contributed by atoms with Gasteiger partial charge in [0.25, 0.3) is 11.4 Å². The summed E-state index contributed by atoms with van der Waals surface area (Å²) in [7, 11) is 0. The van der Waals surface area contributed by atoms with Crippen molar-refractivity contribution in [3.63, 3.8) is 0 Å². The van der Waals surface area contributed by atoms with Crippen LogP contribution < -0.4 is 4.90 Å². The van der Waals surface area contributed by atoms with E-state index in [0.29, 0.717) is 11.1 Å². The van der Waals surface area contributed by atoms with Crippen molar-refractivity contribution < 1.29 is 19.8 Å². The molecule has 0 aliphatic heterocycles. The van der Waals surface area contributed by atoms with E-state index in [2.05, 4.69) is 40.9 Å². The van der Waals surface area contributed by atoms with Crippen LogP contribution in [0.1, 0.15) is 49.3 Å². The van der Waals surface area contributed by atoms with Gasteiger partial charge in [0.05, 0.1) is 13.1 Å². The van der Waals surface area contributed by atoms with E-state index in [1.54, 1.807) is 24.3 Å². The molecule has 0 saturated carbocycles. The molecule has 7 nitrogen and oxygen atoms in total. The number of carbonyl (C=O) groups is 2. The second-order valence-corrected chi connectivity index (χ2v) is 8.89. The van der Waals surface area contributed by atoms with Crippen LogP contribution in [-0.2, 0) is 16.0 Å². The van der Waals surface area contributed by atoms with Crippen LogP contribution >= 0.6 is 0 Å². The number of nitrogens with zero attached hydrogens (tertiary/aromatic N) is 3. The Morgan fingerprint density at radius 3 is 1.46 bits per heavy atom. The third kappa shape index (κ3) is 7.92. The molecule has 196 valence electrons. The second kappa shape index (κ2) is 14.0. The molecule has 0 unspecified atom stereocenters. The Morgan fingerprint density at radius 1 is 0.692 bits per heavy atom. The monoisotopic (exact) mass is 519 g/mol. The lowest BCUT2D eigenvalue weighted by Crippen LogP contribution is -2.10. The smallest absolute Gasteiger partial charge is 0.333 e. The van der Waals surface area contributed by atoms with Crippen LogP contribution in [0.15, 0.2) is 84.2 Å². The molecule has 3 aromatic rings. The van der Waals surface area contributed by atoms with Gasteiger partial charge in [0.2, 0.25) is 0 Å². The Labute approximate surface area is 228 Å². The third-order valence-electron chi connectivity index (χ3n) is 6.10. The van der Waals surface area contributed by atoms with Gasteiger partial charge in [-0.1, -0.05) is 62.6 Å². The summed E-state index contributed by atoms with van der Waals surface area (Å²) in [5.41, 5.74) is 4.27. The van der Waals surface area contributed by atoms with Gasteiger partial charge in [0.15, 0.2) is 0 Å². The summed E-state index contributed by atoms with van der Waals surface area (Å²) in [6.07, 6.45) is 8.46. The fraction of sp³-hybridized carbons (Fsp3) is 0.188. The van der Waals surface area contributed by atoms with Crippen molar-refractivity contribution in [1.82, 2.24) is 0 Å². The molecule has 3 rings (SSSR count). The van der Waals surface area contributed by atoms with E-state index < -0.39 is 11.9 Å². The maximum atomic E-state index is 11.2. The molecule has 0 aliphatic rings. The van der Waals surface area contributed by atoms with Gasteiger partial charge in [-0.15, -0.1) is 0 Å². The van der Waals surface area contributed by atoms with Gasteiger partial charge < -0.3 is 15.1 Å². The zero-order valence-electron chi connectivity index (χ0n) is 21.7. The Balaban J connectivity index is 1.98. The van der Waals surface area contributed by atoms with Crippen LogP contribution in [0.4, 0.5) is 17.1 Å². The molecule has 0 bridgehead atoms. The first-order chi connectivity index (χ1) is 18.9. The van der Waals surface area contributed by atoms with E-state index in [0.717, 1.165) is 29.9 Å².